The number of ether oxygens (including phenoxy) is 2. The molecule has 2 aromatic rings. The van der Waals surface area contributed by atoms with Crippen LogP contribution >= 0.6 is 0 Å². The van der Waals surface area contributed by atoms with Gasteiger partial charge in [-0.15, -0.1) is 0 Å². The Labute approximate surface area is 156 Å². The van der Waals surface area contributed by atoms with Crippen molar-refractivity contribution in [1.82, 2.24) is 5.32 Å². The third-order valence-electron chi connectivity index (χ3n) is 4.21. The van der Waals surface area contributed by atoms with Crippen molar-refractivity contribution in [3.8, 4) is 11.5 Å². The van der Waals surface area contributed by atoms with E-state index in [-0.39, 0.29) is 11.9 Å². The van der Waals surface area contributed by atoms with Crippen LogP contribution in [-0.2, 0) is 4.79 Å². The fourth-order valence-corrected chi connectivity index (χ4v) is 2.86. The highest BCUT2D eigenvalue weighted by Gasteiger charge is 2.23. The molecule has 0 saturated heterocycles. The summed E-state index contributed by atoms with van der Waals surface area (Å²) in [6.07, 6.45) is 0.929. The SMILES string of the molecule is CC[C@@H](Oc1cccc(OC)c1)C(=O)N[C@H](CC(C)C)c1ccccc1. The molecule has 0 radical (unpaired) electrons. The zero-order valence-electron chi connectivity index (χ0n) is 16.1. The summed E-state index contributed by atoms with van der Waals surface area (Å²) in [5.74, 6) is 1.72. The van der Waals surface area contributed by atoms with Crippen molar-refractivity contribution < 1.29 is 14.3 Å². The molecular formula is C22H29NO3. The van der Waals surface area contributed by atoms with Gasteiger partial charge in [-0.2, -0.15) is 0 Å². The first-order chi connectivity index (χ1) is 12.5. The van der Waals surface area contributed by atoms with E-state index >= 15 is 0 Å². The minimum Gasteiger partial charge on any atom is -0.497 e. The first-order valence-electron chi connectivity index (χ1n) is 9.19. The molecule has 0 spiro atoms. The van der Waals surface area contributed by atoms with E-state index < -0.39 is 6.10 Å². The van der Waals surface area contributed by atoms with Crippen molar-refractivity contribution in [2.75, 3.05) is 7.11 Å². The van der Waals surface area contributed by atoms with E-state index in [2.05, 4.69) is 31.3 Å². The Hall–Kier alpha value is -2.49. The molecule has 26 heavy (non-hydrogen) atoms. The van der Waals surface area contributed by atoms with E-state index in [9.17, 15) is 4.79 Å². The molecule has 0 saturated carbocycles. The Kier molecular flexibility index (Phi) is 7.52. The molecule has 2 rings (SSSR count). The van der Waals surface area contributed by atoms with Crippen molar-refractivity contribution in [2.24, 2.45) is 5.92 Å². The Morgan fingerprint density at radius 2 is 1.73 bits per heavy atom. The van der Waals surface area contributed by atoms with Crippen LogP contribution in [0.4, 0.5) is 0 Å². The Balaban J connectivity index is 2.09. The van der Waals surface area contributed by atoms with Crippen molar-refractivity contribution in [1.29, 1.82) is 0 Å². The molecule has 0 aliphatic carbocycles. The number of carbonyl (C=O) groups excluding carboxylic acids is 1. The molecule has 2 aromatic carbocycles. The maximum Gasteiger partial charge on any atom is 0.261 e. The molecule has 140 valence electrons. The number of amides is 1. The fourth-order valence-electron chi connectivity index (χ4n) is 2.86. The number of hydrogen-bond acceptors (Lipinski definition) is 3. The normalized spacial score (nSPS) is 13.1. The lowest BCUT2D eigenvalue weighted by Crippen LogP contribution is -2.40. The Morgan fingerprint density at radius 1 is 1.04 bits per heavy atom. The molecule has 0 aliphatic heterocycles. The van der Waals surface area contributed by atoms with Crippen molar-refractivity contribution in [3.63, 3.8) is 0 Å². The van der Waals surface area contributed by atoms with Gasteiger partial charge in [0.2, 0.25) is 0 Å². The molecule has 4 nitrogen and oxygen atoms in total. The molecule has 0 heterocycles. The van der Waals surface area contributed by atoms with Crippen LogP contribution in [0.5, 0.6) is 11.5 Å². The van der Waals surface area contributed by atoms with E-state index in [1.807, 2.05) is 43.3 Å². The van der Waals surface area contributed by atoms with Crippen molar-refractivity contribution in [2.45, 2.75) is 45.8 Å². The summed E-state index contributed by atoms with van der Waals surface area (Å²) in [6.45, 7) is 6.27. The smallest absolute Gasteiger partial charge is 0.261 e. The van der Waals surface area contributed by atoms with Crippen LogP contribution < -0.4 is 14.8 Å². The van der Waals surface area contributed by atoms with E-state index in [0.717, 1.165) is 12.0 Å². The summed E-state index contributed by atoms with van der Waals surface area (Å²) in [6, 6.07) is 17.4. The lowest BCUT2D eigenvalue weighted by Gasteiger charge is -2.24. The van der Waals surface area contributed by atoms with Crippen LogP contribution in [0, 0.1) is 5.92 Å². The van der Waals surface area contributed by atoms with Crippen molar-refractivity contribution in [3.05, 3.63) is 60.2 Å². The van der Waals surface area contributed by atoms with Gasteiger partial charge in [0.05, 0.1) is 13.2 Å². The molecule has 1 amide bonds. The quantitative estimate of drug-likeness (QED) is 0.706. The highest BCUT2D eigenvalue weighted by Crippen LogP contribution is 2.23. The zero-order chi connectivity index (χ0) is 18.9. The number of hydrogen-bond donors (Lipinski definition) is 1. The second-order valence-electron chi connectivity index (χ2n) is 6.80. The molecule has 0 aliphatic rings. The zero-order valence-corrected chi connectivity index (χ0v) is 16.1. The summed E-state index contributed by atoms with van der Waals surface area (Å²) in [4.78, 5) is 12.8. The molecule has 0 bridgehead atoms. The van der Waals surface area contributed by atoms with E-state index in [1.165, 1.54) is 0 Å². The number of benzene rings is 2. The molecule has 4 heteroatoms. The average molecular weight is 355 g/mol. The van der Waals surface area contributed by atoms with E-state index in [1.54, 1.807) is 13.2 Å². The number of methoxy groups -OCH3 is 1. The van der Waals surface area contributed by atoms with Gasteiger partial charge in [0.25, 0.3) is 5.91 Å². The number of nitrogens with one attached hydrogen (secondary N) is 1. The first kappa shape index (κ1) is 19.8. The highest BCUT2D eigenvalue weighted by atomic mass is 16.5. The number of carbonyl (C=O) groups is 1. The number of rotatable bonds is 9. The van der Waals surface area contributed by atoms with Gasteiger partial charge in [-0.3, -0.25) is 4.79 Å². The topological polar surface area (TPSA) is 47.6 Å². The van der Waals surface area contributed by atoms with E-state index in [0.29, 0.717) is 23.8 Å². The minimum absolute atomic E-state index is 0.0216. The molecule has 2 atom stereocenters. The summed E-state index contributed by atoms with van der Waals surface area (Å²) in [5, 5.41) is 3.17. The second-order valence-corrected chi connectivity index (χ2v) is 6.80. The fraction of sp³-hybridized carbons (Fsp3) is 0.409. The lowest BCUT2D eigenvalue weighted by atomic mass is 9.96. The monoisotopic (exact) mass is 355 g/mol. The van der Waals surface area contributed by atoms with Crippen LogP contribution in [0.3, 0.4) is 0 Å². The Bertz CT molecular complexity index is 685. The van der Waals surface area contributed by atoms with Gasteiger partial charge in [-0.25, -0.2) is 0 Å². The summed E-state index contributed by atoms with van der Waals surface area (Å²) < 4.78 is 11.1. The van der Waals surface area contributed by atoms with Gasteiger partial charge in [-0.05, 0) is 36.5 Å². The standard InChI is InChI=1S/C22H29NO3/c1-5-21(26-19-13-9-12-18(15-19)25-4)22(24)23-20(14-16(2)3)17-10-7-6-8-11-17/h6-13,15-16,20-21H,5,14H2,1-4H3,(H,23,24)/t20-,21-/m1/s1. The average Bonchev–Trinajstić information content (AvgIpc) is 2.66. The van der Waals surface area contributed by atoms with Gasteiger partial charge < -0.3 is 14.8 Å². The van der Waals surface area contributed by atoms with Crippen LogP contribution in [0.2, 0.25) is 0 Å². The van der Waals surface area contributed by atoms with Crippen LogP contribution in [0.15, 0.2) is 54.6 Å². The summed E-state index contributed by atoms with van der Waals surface area (Å²) in [5.41, 5.74) is 1.12. The molecule has 0 unspecified atom stereocenters. The van der Waals surface area contributed by atoms with Gasteiger partial charge in [-0.1, -0.05) is 57.2 Å². The maximum atomic E-state index is 12.8. The van der Waals surface area contributed by atoms with Crippen LogP contribution in [0.25, 0.3) is 0 Å². The molecule has 0 aromatic heterocycles. The minimum atomic E-state index is -0.541. The highest BCUT2D eigenvalue weighted by molar-refractivity contribution is 5.81. The molecule has 0 fully saturated rings. The first-order valence-corrected chi connectivity index (χ1v) is 9.19. The van der Waals surface area contributed by atoms with Crippen LogP contribution in [0.1, 0.15) is 45.2 Å². The molecular weight excluding hydrogens is 326 g/mol. The van der Waals surface area contributed by atoms with Crippen molar-refractivity contribution >= 4 is 5.91 Å². The van der Waals surface area contributed by atoms with E-state index in [4.69, 9.17) is 9.47 Å². The van der Waals surface area contributed by atoms with Gasteiger partial charge >= 0.3 is 0 Å². The van der Waals surface area contributed by atoms with Gasteiger partial charge in [0.15, 0.2) is 6.10 Å². The predicted octanol–water partition coefficient (Wildman–Crippen LogP) is 4.76. The largest absolute Gasteiger partial charge is 0.497 e. The molecule has 1 N–H and O–H groups in total. The predicted molar refractivity (Wildman–Crippen MR) is 104 cm³/mol. The lowest BCUT2D eigenvalue weighted by molar-refractivity contribution is -0.129. The third kappa shape index (κ3) is 5.80. The van der Waals surface area contributed by atoms with Gasteiger partial charge in [0, 0.05) is 6.07 Å². The van der Waals surface area contributed by atoms with Gasteiger partial charge in [0.1, 0.15) is 11.5 Å². The maximum absolute atomic E-state index is 12.8. The third-order valence-corrected chi connectivity index (χ3v) is 4.21. The van der Waals surface area contributed by atoms with Crippen LogP contribution in [-0.4, -0.2) is 19.1 Å². The second kappa shape index (κ2) is 9.85. The Morgan fingerprint density at radius 3 is 2.35 bits per heavy atom. The summed E-state index contributed by atoms with van der Waals surface area (Å²) >= 11 is 0. The summed E-state index contributed by atoms with van der Waals surface area (Å²) in [7, 11) is 1.61.